The Morgan fingerprint density at radius 3 is 2.70 bits per heavy atom. The molecule has 20 heavy (non-hydrogen) atoms. The number of halogens is 1. The van der Waals surface area contributed by atoms with Crippen LogP contribution in [-0.4, -0.2) is 30.6 Å². The van der Waals surface area contributed by atoms with Gasteiger partial charge in [-0.25, -0.2) is 4.39 Å². The van der Waals surface area contributed by atoms with E-state index in [1.807, 2.05) is 0 Å². The van der Waals surface area contributed by atoms with Gasteiger partial charge >= 0.3 is 5.97 Å². The van der Waals surface area contributed by atoms with Gasteiger partial charge in [0.05, 0.1) is 12.7 Å². The normalized spacial score (nSPS) is 10.1. The maximum atomic E-state index is 13.4. The molecule has 0 aliphatic heterocycles. The molecule has 6 heteroatoms. The molecule has 0 unspecified atom stereocenters. The number of phenolic OH excluding ortho intramolecular Hbond substituents is 1. The Balaban J connectivity index is 2.25. The number of unbranched alkanes of at least 4 members (excludes halogenated alkanes) is 2. The summed E-state index contributed by atoms with van der Waals surface area (Å²) in [7, 11) is 1.34. The standard InChI is InChI=1S/C14H18FNO4/c1-20-13(18)5-3-2-4-8-16-14(19)11-7-6-10(17)9-12(11)15/h6-7,9,17H,2-5,8H2,1H3,(H,16,19). The van der Waals surface area contributed by atoms with Crippen molar-refractivity contribution in [1.29, 1.82) is 0 Å². The van der Waals surface area contributed by atoms with Gasteiger partial charge in [0.2, 0.25) is 0 Å². The summed E-state index contributed by atoms with van der Waals surface area (Å²) < 4.78 is 17.9. The first kappa shape index (κ1) is 15.9. The second-order valence-corrected chi connectivity index (χ2v) is 4.31. The second-order valence-electron chi connectivity index (χ2n) is 4.31. The van der Waals surface area contributed by atoms with Gasteiger partial charge in [-0.05, 0) is 25.0 Å². The molecule has 0 aliphatic carbocycles. The Labute approximate surface area is 116 Å². The van der Waals surface area contributed by atoms with Crippen molar-refractivity contribution in [3.63, 3.8) is 0 Å². The number of hydrogen-bond acceptors (Lipinski definition) is 4. The first-order chi connectivity index (χ1) is 9.54. The van der Waals surface area contributed by atoms with Gasteiger partial charge in [-0.3, -0.25) is 9.59 Å². The van der Waals surface area contributed by atoms with Crippen LogP contribution in [0.2, 0.25) is 0 Å². The molecule has 0 heterocycles. The van der Waals surface area contributed by atoms with E-state index in [1.165, 1.54) is 19.2 Å². The minimum atomic E-state index is -0.756. The van der Waals surface area contributed by atoms with Crippen LogP contribution in [-0.2, 0) is 9.53 Å². The van der Waals surface area contributed by atoms with Gasteiger partial charge in [0, 0.05) is 19.0 Å². The molecule has 1 rings (SSSR count). The second kappa shape index (κ2) is 8.14. The van der Waals surface area contributed by atoms with Gasteiger partial charge in [-0.1, -0.05) is 6.42 Å². The molecule has 0 aromatic heterocycles. The molecule has 110 valence electrons. The van der Waals surface area contributed by atoms with Crippen LogP contribution in [0.4, 0.5) is 4.39 Å². The lowest BCUT2D eigenvalue weighted by molar-refractivity contribution is -0.140. The Bertz CT molecular complexity index is 476. The molecule has 0 fully saturated rings. The zero-order valence-electron chi connectivity index (χ0n) is 11.3. The number of carbonyl (C=O) groups is 2. The topological polar surface area (TPSA) is 75.6 Å². The number of nitrogens with one attached hydrogen (secondary N) is 1. The maximum absolute atomic E-state index is 13.4. The number of rotatable bonds is 7. The summed E-state index contributed by atoms with van der Waals surface area (Å²) in [4.78, 5) is 22.5. The lowest BCUT2D eigenvalue weighted by Gasteiger charge is -2.06. The third kappa shape index (κ3) is 5.26. The van der Waals surface area contributed by atoms with E-state index in [2.05, 4.69) is 10.1 Å². The van der Waals surface area contributed by atoms with E-state index < -0.39 is 11.7 Å². The van der Waals surface area contributed by atoms with Crippen LogP contribution in [0.15, 0.2) is 18.2 Å². The number of aromatic hydroxyl groups is 1. The average Bonchev–Trinajstić information content (AvgIpc) is 2.42. The van der Waals surface area contributed by atoms with Crippen molar-refractivity contribution in [1.82, 2.24) is 5.32 Å². The molecule has 1 amide bonds. The first-order valence-corrected chi connectivity index (χ1v) is 6.38. The Hall–Kier alpha value is -2.11. The molecule has 5 nitrogen and oxygen atoms in total. The number of esters is 1. The highest BCUT2D eigenvalue weighted by Gasteiger charge is 2.11. The quantitative estimate of drug-likeness (QED) is 0.593. The minimum absolute atomic E-state index is 0.0997. The Morgan fingerprint density at radius 2 is 2.05 bits per heavy atom. The summed E-state index contributed by atoms with van der Waals surface area (Å²) in [6, 6.07) is 3.39. The van der Waals surface area contributed by atoms with Crippen LogP contribution in [0.1, 0.15) is 36.0 Å². The predicted octanol–water partition coefficient (Wildman–Crippen LogP) is 1.99. The maximum Gasteiger partial charge on any atom is 0.305 e. The molecule has 2 N–H and O–H groups in total. The van der Waals surface area contributed by atoms with E-state index in [4.69, 9.17) is 5.11 Å². The Morgan fingerprint density at radius 1 is 1.30 bits per heavy atom. The van der Waals surface area contributed by atoms with E-state index in [0.29, 0.717) is 25.8 Å². The van der Waals surface area contributed by atoms with Gasteiger partial charge in [-0.2, -0.15) is 0 Å². The van der Waals surface area contributed by atoms with Gasteiger partial charge in [-0.15, -0.1) is 0 Å². The third-order valence-corrected chi connectivity index (χ3v) is 2.77. The van der Waals surface area contributed by atoms with Gasteiger partial charge < -0.3 is 15.2 Å². The largest absolute Gasteiger partial charge is 0.508 e. The third-order valence-electron chi connectivity index (χ3n) is 2.77. The van der Waals surface area contributed by atoms with Crippen LogP contribution in [0.5, 0.6) is 5.75 Å². The molecule has 0 aliphatic rings. The molecular formula is C14H18FNO4. The molecule has 0 atom stereocenters. The fourth-order valence-corrected chi connectivity index (χ4v) is 1.66. The van der Waals surface area contributed by atoms with Crippen molar-refractivity contribution >= 4 is 11.9 Å². The van der Waals surface area contributed by atoms with Crippen molar-refractivity contribution in [3.8, 4) is 5.75 Å². The van der Waals surface area contributed by atoms with E-state index in [9.17, 15) is 14.0 Å². The van der Waals surface area contributed by atoms with Crippen molar-refractivity contribution < 1.29 is 23.8 Å². The highest BCUT2D eigenvalue weighted by Crippen LogP contribution is 2.14. The summed E-state index contributed by atoms with van der Waals surface area (Å²) in [6.45, 7) is 0.403. The van der Waals surface area contributed by atoms with Crippen molar-refractivity contribution in [2.45, 2.75) is 25.7 Å². The highest BCUT2D eigenvalue weighted by molar-refractivity contribution is 5.94. The minimum Gasteiger partial charge on any atom is -0.508 e. The molecule has 0 saturated heterocycles. The van der Waals surface area contributed by atoms with Crippen LogP contribution in [0, 0.1) is 5.82 Å². The lowest BCUT2D eigenvalue weighted by atomic mass is 10.1. The molecule has 1 aromatic carbocycles. The van der Waals surface area contributed by atoms with Crippen LogP contribution in [0.3, 0.4) is 0 Å². The first-order valence-electron chi connectivity index (χ1n) is 6.38. The monoisotopic (exact) mass is 283 g/mol. The van der Waals surface area contributed by atoms with Gasteiger partial charge in [0.25, 0.3) is 5.91 Å². The van der Waals surface area contributed by atoms with E-state index in [1.54, 1.807) is 0 Å². The number of amides is 1. The molecule has 0 spiro atoms. The number of carbonyl (C=O) groups excluding carboxylic acids is 2. The van der Waals surface area contributed by atoms with Gasteiger partial charge in [0.1, 0.15) is 11.6 Å². The number of methoxy groups -OCH3 is 1. The number of ether oxygens (including phenoxy) is 1. The molecule has 0 bridgehead atoms. The van der Waals surface area contributed by atoms with Gasteiger partial charge in [0.15, 0.2) is 0 Å². The molecular weight excluding hydrogens is 265 g/mol. The van der Waals surface area contributed by atoms with Crippen molar-refractivity contribution in [2.24, 2.45) is 0 Å². The fourth-order valence-electron chi connectivity index (χ4n) is 1.66. The van der Waals surface area contributed by atoms with Crippen LogP contribution in [0.25, 0.3) is 0 Å². The zero-order chi connectivity index (χ0) is 15.0. The average molecular weight is 283 g/mol. The lowest BCUT2D eigenvalue weighted by Crippen LogP contribution is -2.25. The molecule has 1 aromatic rings. The number of hydrogen-bond donors (Lipinski definition) is 2. The smallest absolute Gasteiger partial charge is 0.305 e. The highest BCUT2D eigenvalue weighted by atomic mass is 19.1. The number of benzene rings is 1. The summed E-state index contributed by atoms with van der Waals surface area (Å²) >= 11 is 0. The predicted molar refractivity (Wildman–Crippen MR) is 70.9 cm³/mol. The van der Waals surface area contributed by atoms with Crippen molar-refractivity contribution in [3.05, 3.63) is 29.6 Å². The summed E-state index contributed by atoms with van der Waals surface area (Å²) in [6.07, 6.45) is 2.52. The summed E-state index contributed by atoms with van der Waals surface area (Å²) in [5.74, 6) is -1.74. The van der Waals surface area contributed by atoms with Crippen LogP contribution < -0.4 is 5.32 Å². The number of phenols is 1. The zero-order valence-corrected chi connectivity index (χ0v) is 11.3. The van der Waals surface area contributed by atoms with E-state index in [0.717, 1.165) is 12.5 Å². The molecule has 0 radical (unpaired) electrons. The Kier molecular flexibility index (Phi) is 6.49. The molecule has 0 saturated carbocycles. The van der Waals surface area contributed by atoms with Crippen LogP contribution >= 0.6 is 0 Å². The summed E-state index contributed by atoms with van der Waals surface area (Å²) in [5, 5.41) is 11.6. The van der Waals surface area contributed by atoms with E-state index >= 15 is 0 Å². The SMILES string of the molecule is COC(=O)CCCCCNC(=O)c1ccc(O)cc1F. The van der Waals surface area contributed by atoms with E-state index in [-0.39, 0.29) is 17.3 Å². The van der Waals surface area contributed by atoms with Crippen molar-refractivity contribution in [2.75, 3.05) is 13.7 Å². The summed E-state index contributed by atoms with van der Waals surface area (Å²) in [5.41, 5.74) is -0.0997. The fraction of sp³-hybridized carbons (Fsp3) is 0.429.